The van der Waals surface area contributed by atoms with Crippen molar-refractivity contribution in [3.63, 3.8) is 0 Å². The Morgan fingerprint density at radius 2 is 1.68 bits per heavy atom. The Labute approximate surface area is 166 Å². The fourth-order valence-corrected chi connectivity index (χ4v) is 3.29. The van der Waals surface area contributed by atoms with Gasteiger partial charge in [-0.05, 0) is 42.8 Å². The van der Waals surface area contributed by atoms with Crippen molar-refractivity contribution in [2.75, 3.05) is 30.4 Å². The number of benzene rings is 2. The minimum atomic E-state index is 0.129. The Bertz CT molecular complexity index is 1030. The molecule has 1 aliphatic heterocycles. The fourth-order valence-electron chi connectivity index (χ4n) is 3.29. The number of rotatable bonds is 4. The molecule has 0 radical (unpaired) electrons. The largest absolute Gasteiger partial charge is 0.378 e. The van der Waals surface area contributed by atoms with Crippen LogP contribution < -0.4 is 9.80 Å². The first-order valence-corrected chi connectivity index (χ1v) is 9.17. The minimum Gasteiger partial charge on any atom is -0.378 e. The maximum Gasteiger partial charge on any atom is 0.137 e. The van der Waals surface area contributed by atoms with Crippen LogP contribution in [0.3, 0.4) is 0 Å². The lowest BCUT2D eigenvalue weighted by Crippen LogP contribution is -2.25. The number of fused-ring (bicyclic) bond motifs is 1. The van der Waals surface area contributed by atoms with Crippen molar-refractivity contribution in [3.8, 4) is 12.1 Å². The first-order valence-electron chi connectivity index (χ1n) is 9.17. The summed E-state index contributed by atoms with van der Waals surface area (Å²) >= 11 is 0. The van der Waals surface area contributed by atoms with E-state index in [0.29, 0.717) is 5.57 Å². The lowest BCUT2D eigenvalue weighted by atomic mass is 9.93. The number of hydrogen-bond donors (Lipinski definition) is 0. The maximum atomic E-state index is 9.40. The molecule has 0 bridgehead atoms. The molecule has 2 aromatic carbocycles. The van der Waals surface area contributed by atoms with Crippen molar-refractivity contribution in [1.29, 1.82) is 10.5 Å². The van der Waals surface area contributed by atoms with Crippen molar-refractivity contribution in [3.05, 3.63) is 83.1 Å². The summed E-state index contributed by atoms with van der Waals surface area (Å²) in [5.74, 6) is 0. The summed E-state index contributed by atoms with van der Waals surface area (Å²) in [6.45, 7) is 2.88. The summed E-state index contributed by atoms with van der Waals surface area (Å²) in [7, 11) is 4.04. The van der Waals surface area contributed by atoms with Gasteiger partial charge in [-0.25, -0.2) is 0 Å². The average molecular weight is 366 g/mol. The highest BCUT2D eigenvalue weighted by Crippen LogP contribution is 2.37. The number of hydrogen-bond acceptors (Lipinski definition) is 4. The highest BCUT2D eigenvalue weighted by atomic mass is 15.1. The molecule has 1 aliphatic rings. The topological polar surface area (TPSA) is 54.1 Å². The molecule has 0 N–H and O–H groups in total. The minimum absolute atomic E-state index is 0.129. The van der Waals surface area contributed by atoms with Crippen LogP contribution >= 0.6 is 0 Å². The van der Waals surface area contributed by atoms with Crippen LogP contribution in [-0.2, 0) is 0 Å². The van der Waals surface area contributed by atoms with E-state index in [-0.39, 0.29) is 5.57 Å². The smallest absolute Gasteiger partial charge is 0.137 e. The second kappa shape index (κ2) is 8.29. The second-order valence-corrected chi connectivity index (χ2v) is 6.66. The quantitative estimate of drug-likeness (QED) is 0.715. The van der Waals surface area contributed by atoms with Crippen LogP contribution in [0, 0.1) is 22.7 Å². The summed E-state index contributed by atoms with van der Waals surface area (Å²) in [4.78, 5) is 4.26. The van der Waals surface area contributed by atoms with Gasteiger partial charge in [-0.2, -0.15) is 10.5 Å². The Kier molecular flexibility index (Phi) is 5.63. The molecule has 1 heterocycles. The Morgan fingerprint density at radius 3 is 2.29 bits per heavy atom. The Morgan fingerprint density at radius 1 is 1.00 bits per heavy atom. The second-order valence-electron chi connectivity index (χ2n) is 6.66. The van der Waals surface area contributed by atoms with Crippen LogP contribution in [0.5, 0.6) is 0 Å². The average Bonchev–Trinajstić information content (AvgIpc) is 2.73. The van der Waals surface area contributed by atoms with Gasteiger partial charge in [0.15, 0.2) is 0 Å². The normalized spacial score (nSPS) is 12.8. The number of likely N-dealkylation sites (N-methyl/N-ethyl adjacent to an activating group) is 1. The van der Waals surface area contributed by atoms with Gasteiger partial charge in [-0.3, -0.25) is 0 Å². The summed E-state index contributed by atoms with van der Waals surface area (Å²) in [5, 5.41) is 18.8. The SMILES string of the molecule is CCN1C(/C=C/c2ccc(N(C)C)cc2)=CC(=C(C#N)C#N)c2ccccc21. The molecule has 28 heavy (non-hydrogen) atoms. The summed E-state index contributed by atoms with van der Waals surface area (Å²) in [6, 6.07) is 20.3. The maximum absolute atomic E-state index is 9.40. The molecule has 4 heteroatoms. The van der Waals surface area contributed by atoms with Gasteiger partial charge in [0.2, 0.25) is 0 Å². The van der Waals surface area contributed by atoms with Crippen molar-refractivity contribution in [2.24, 2.45) is 0 Å². The molecular formula is C24H22N4. The van der Waals surface area contributed by atoms with Crippen LogP contribution in [0.1, 0.15) is 18.1 Å². The standard InChI is InChI=1S/C24H22N4/c1-4-28-21(14-11-18-9-12-20(13-10-18)27(2)3)15-23(19(16-25)17-26)22-7-5-6-8-24(22)28/h5-15H,4H2,1-3H3/b14-11+. The third-order valence-electron chi connectivity index (χ3n) is 4.75. The van der Waals surface area contributed by atoms with Gasteiger partial charge in [-0.1, -0.05) is 36.4 Å². The first kappa shape index (κ1) is 19.0. The molecule has 0 aromatic heterocycles. The third-order valence-corrected chi connectivity index (χ3v) is 4.75. The molecule has 0 aliphatic carbocycles. The number of allylic oxidation sites excluding steroid dienone is 4. The van der Waals surface area contributed by atoms with Gasteiger partial charge in [0.1, 0.15) is 17.7 Å². The summed E-state index contributed by atoms with van der Waals surface area (Å²) in [5.41, 5.74) is 5.92. The Hall–Kier alpha value is -3.76. The van der Waals surface area contributed by atoms with Crippen molar-refractivity contribution < 1.29 is 0 Å². The van der Waals surface area contributed by atoms with Gasteiger partial charge in [0, 0.05) is 48.8 Å². The van der Waals surface area contributed by atoms with E-state index in [1.807, 2.05) is 62.7 Å². The molecule has 2 aromatic rings. The first-order chi connectivity index (χ1) is 13.6. The van der Waals surface area contributed by atoms with Crippen LogP contribution in [-0.4, -0.2) is 20.6 Å². The van der Waals surface area contributed by atoms with Crippen LogP contribution in [0.4, 0.5) is 11.4 Å². The zero-order valence-corrected chi connectivity index (χ0v) is 16.3. The van der Waals surface area contributed by atoms with Crippen LogP contribution in [0.25, 0.3) is 11.6 Å². The number of para-hydroxylation sites is 1. The van der Waals surface area contributed by atoms with Gasteiger partial charge in [0.05, 0.1) is 0 Å². The molecule has 0 atom stereocenters. The van der Waals surface area contributed by atoms with Gasteiger partial charge in [0.25, 0.3) is 0 Å². The summed E-state index contributed by atoms with van der Waals surface area (Å²) in [6.07, 6.45) is 6.02. The molecular weight excluding hydrogens is 344 g/mol. The lowest BCUT2D eigenvalue weighted by Gasteiger charge is -2.31. The lowest BCUT2D eigenvalue weighted by molar-refractivity contribution is 0.970. The van der Waals surface area contributed by atoms with E-state index in [2.05, 4.69) is 47.1 Å². The molecule has 0 unspecified atom stereocenters. The predicted octanol–water partition coefficient (Wildman–Crippen LogP) is 4.99. The number of nitriles is 2. The molecule has 0 spiro atoms. The Balaban J connectivity index is 2.05. The van der Waals surface area contributed by atoms with Crippen molar-refractivity contribution in [2.45, 2.75) is 6.92 Å². The van der Waals surface area contributed by atoms with Gasteiger partial charge >= 0.3 is 0 Å². The third kappa shape index (κ3) is 3.68. The highest BCUT2D eigenvalue weighted by molar-refractivity contribution is 5.93. The van der Waals surface area contributed by atoms with Gasteiger partial charge < -0.3 is 9.80 Å². The van der Waals surface area contributed by atoms with E-state index in [1.54, 1.807) is 0 Å². The number of anilines is 2. The van der Waals surface area contributed by atoms with E-state index in [0.717, 1.165) is 34.7 Å². The molecule has 4 nitrogen and oxygen atoms in total. The van der Waals surface area contributed by atoms with E-state index in [9.17, 15) is 10.5 Å². The molecule has 0 amide bonds. The van der Waals surface area contributed by atoms with Crippen molar-refractivity contribution >= 4 is 23.0 Å². The van der Waals surface area contributed by atoms with Gasteiger partial charge in [-0.15, -0.1) is 0 Å². The molecule has 138 valence electrons. The van der Waals surface area contributed by atoms with E-state index >= 15 is 0 Å². The van der Waals surface area contributed by atoms with Crippen LogP contribution in [0.2, 0.25) is 0 Å². The molecule has 0 saturated heterocycles. The highest BCUT2D eigenvalue weighted by Gasteiger charge is 2.22. The zero-order valence-electron chi connectivity index (χ0n) is 16.3. The molecule has 0 fully saturated rings. The monoisotopic (exact) mass is 366 g/mol. The molecule has 0 saturated carbocycles. The van der Waals surface area contributed by atoms with E-state index in [4.69, 9.17) is 0 Å². The van der Waals surface area contributed by atoms with E-state index < -0.39 is 0 Å². The number of nitrogens with zero attached hydrogens (tertiary/aromatic N) is 4. The van der Waals surface area contributed by atoms with Crippen LogP contribution in [0.15, 0.2) is 72.0 Å². The van der Waals surface area contributed by atoms with Crippen molar-refractivity contribution in [1.82, 2.24) is 0 Å². The molecule has 3 rings (SSSR count). The summed E-state index contributed by atoms with van der Waals surface area (Å²) < 4.78 is 0. The zero-order chi connectivity index (χ0) is 20.1. The fraction of sp³-hybridized carbons (Fsp3) is 0.167. The van der Waals surface area contributed by atoms with E-state index in [1.165, 1.54) is 0 Å². The predicted molar refractivity (Wildman–Crippen MR) is 115 cm³/mol.